The number of nitrogens with two attached hydrogens (primary N) is 1. The molecule has 1 fully saturated rings. The first kappa shape index (κ1) is 11.0. The molecule has 82 valence electrons. The van der Waals surface area contributed by atoms with Crippen molar-refractivity contribution in [1.82, 2.24) is 0 Å². The zero-order valence-corrected chi connectivity index (χ0v) is 9.27. The van der Waals surface area contributed by atoms with Gasteiger partial charge in [0, 0.05) is 16.4 Å². The van der Waals surface area contributed by atoms with E-state index in [2.05, 4.69) is 15.9 Å². The van der Waals surface area contributed by atoms with Crippen molar-refractivity contribution in [2.75, 3.05) is 0 Å². The molecule has 0 aromatic heterocycles. The van der Waals surface area contributed by atoms with Crippen molar-refractivity contribution in [2.45, 2.75) is 24.6 Å². The van der Waals surface area contributed by atoms with Gasteiger partial charge in [-0.25, -0.2) is 0 Å². The van der Waals surface area contributed by atoms with Gasteiger partial charge in [0.25, 0.3) is 0 Å². The van der Waals surface area contributed by atoms with Crippen LogP contribution in [0.1, 0.15) is 23.5 Å². The molecule has 0 bridgehead atoms. The van der Waals surface area contributed by atoms with Crippen LogP contribution in [0.15, 0.2) is 22.7 Å². The first-order valence-corrected chi connectivity index (χ1v) is 5.31. The summed E-state index contributed by atoms with van der Waals surface area (Å²) in [7, 11) is 0. The Morgan fingerprint density at radius 2 is 1.93 bits per heavy atom. The van der Waals surface area contributed by atoms with Crippen LogP contribution < -0.4 is 5.73 Å². The van der Waals surface area contributed by atoms with E-state index in [1.54, 1.807) is 6.07 Å². The Morgan fingerprint density at radius 3 is 2.40 bits per heavy atom. The predicted molar refractivity (Wildman–Crippen MR) is 54.5 cm³/mol. The number of hydrogen-bond donors (Lipinski definition) is 1. The van der Waals surface area contributed by atoms with Crippen molar-refractivity contribution >= 4 is 15.9 Å². The summed E-state index contributed by atoms with van der Waals surface area (Å²) in [5.41, 5.74) is 5.31. The van der Waals surface area contributed by atoms with Crippen molar-refractivity contribution in [1.29, 1.82) is 0 Å². The molecule has 1 aromatic carbocycles. The molecule has 0 amide bonds. The van der Waals surface area contributed by atoms with Crippen LogP contribution in [0.25, 0.3) is 0 Å². The average Bonchev–Trinajstić information content (AvgIpc) is 2.81. The fourth-order valence-electron chi connectivity index (χ4n) is 1.67. The standard InChI is InChI=1S/C10H9BrF3N/c11-5-1-2-6(7-4-9(7)15)8(3-5)10(12,13)14/h1-3,7,9H,4,15H2/t7-,9-/m1/s1. The van der Waals surface area contributed by atoms with Crippen LogP contribution in [0.5, 0.6) is 0 Å². The van der Waals surface area contributed by atoms with Crippen LogP contribution in [-0.4, -0.2) is 6.04 Å². The molecule has 0 radical (unpaired) electrons. The molecule has 1 nitrogen and oxygen atoms in total. The molecule has 5 heteroatoms. The van der Waals surface area contributed by atoms with Gasteiger partial charge >= 0.3 is 6.18 Å². The van der Waals surface area contributed by atoms with Crippen LogP contribution in [0, 0.1) is 0 Å². The molecule has 2 rings (SSSR count). The van der Waals surface area contributed by atoms with E-state index in [0.717, 1.165) is 6.07 Å². The molecular weight excluding hydrogens is 271 g/mol. The Kier molecular flexibility index (Phi) is 2.55. The molecule has 0 spiro atoms. The number of hydrogen-bond acceptors (Lipinski definition) is 1. The number of halogens is 4. The summed E-state index contributed by atoms with van der Waals surface area (Å²) in [5.74, 6) is -0.130. The van der Waals surface area contributed by atoms with Gasteiger partial charge in [0.05, 0.1) is 5.56 Å². The molecule has 2 N–H and O–H groups in total. The van der Waals surface area contributed by atoms with Gasteiger partial charge in [-0.2, -0.15) is 13.2 Å². The van der Waals surface area contributed by atoms with Crippen LogP contribution in [-0.2, 0) is 6.18 Å². The van der Waals surface area contributed by atoms with E-state index in [0.29, 0.717) is 16.5 Å². The van der Waals surface area contributed by atoms with Gasteiger partial charge in [-0.15, -0.1) is 0 Å². The third-order valence-electron chi connectivity index (χ3n) is 2.56. The zero-order chi connectivity index (χ0) is 11.2. The molecule has 1 aromatic rings. The number of rotatable bonds is 1. The molecule has 0 unspecified atom stereocenters. The summed E-state index contributed by atoms with van der Waals surface area (Å²) >= 11 is 3.04. The summed E-state index contributed by atoms with van der Waals surface area (Å²) in [5, 5.41) is 0. The van der Waals surface area contributed by atoms with E-state index >= 15 is 0 Å². The third kappa shape index (κ3) is 2.18. The lowest BCUT2D eigenvalue weighted by Crippen LogP contribution is -2.11. The van der Waals surface area contributed by atoms with E-state index in [1.807, 2.05) is 0 Å². The molecular formula is C10H9BrF3N. The lowest BCUT2D eigenvalue weighted by atomic mass is 10.0. The lowest BCUT2D eigenvalue weighted by molar-refractivity contribution is -0.138. The molecule has 0 aliphatic heterocycles. The topological polar surface area (TPSA) is 26.0 Å². The van der Waals surface area contributed by atoms with Gasteiger partial charge < -0.3 is 5.73 Å². The maximum absolute atomic E-state index is 12.7. The predicted octanol–water partition coefficient (Wildman–Crippen LogP) is 3.28. The van der Waals surface area contributed by atoms with E-state index in [-0.39, 0.29) is 12.0 Å². The smallest absolute Gasteiger partial charge is 0.327 e. The minimum atomic E-state index is -4.30. The second kappa shape index (κ2) is 3.49. The van der Waals surface area contributed by atoms with Gasteiger partial charge in [-0.3, -0.25) is 0 Å². The Balaban J connectivity index is 2.45. The van der Waals surface area contributed by atoms with Gasteiger partial charge in [0.15, 0.2) is 0 Å². The summed E-state index contributed by atoms with van der Waals surface area (Å²) in [4.78, 5) is 0. The summed E-state index contributed by atoms with van der Waals surface area (Å²) in [6.45, 7) is 0. The van der Waals surface area contributed by atoms with Gasteiger partial charge in [-0.05, 0) is 24.1 Å². The minimum Gasteiger partial charge on any atom is -0.327 e. The van der Waals surface area contributed by atoms with Crippen LogP contribution in [0.4, 0.5) is 13.2 Å². The SMILES string of the molecule is N[C@@H]1C[C@@H]1c1ccc(Br)cc1C(F)(F)F. The lowest BCUT2D eigenvalue weighted by Gasteiger charge is -2.12. The molecule has 15 heavy (non-hydrogen) atoms. The summed E-state index contributed by atoms with van der Waals surface area (Å²) in [6.07, 6.45) is -3.66. The van der Waals surface area contributed by atoms with Crippen molar-refractivity contribution in [3.8, 4) is 0 Å². The number of benzene rings is 1. The molecule has 0 saturated heterocycles. The maximum Gasteiger partial charge on any atom is 0.416 e. The van der Waals surface area contributed by atoms with Crippen molar-refractivity contribution in [2.24, 2.45) is 5.73 Å². The Morgan fingerprint density at radius 1 is 1.33 bits per heavy atom. The zero-order valence-electron chi connectivity index (χ0n) is 7.68. The second-order valence-electron chi connectivity index (χ2n) is 3.74. The Bertz CT molecular complexity index is 389. The highest BCUT2D eigenvalue weighted by molar-refractivity contribution is 9.10. The highest BCUT2D eigenvalue weighted by Crippen LogP contribution is 2.45. The van der Waals surface area contributed by atoms with E-state index in [4.69, 9.17) is 5.73 Å². The summed E-state index contributed by atoms with van der Waals surface area (Å²) < 4.78 is 38.5. The third-order valence-corrected chi connectivity index (χ3v) is 3.05. The highest BCUT2D eigenvalue weighted by Gasteiger charge is 2.42. The first-order valence-electron chi connectivity index (χ1n) is 4.52. The monoisotopic (exact) mass is 279 g/mol. The Labute approximate surface area is 93.6 Å². The fraction of sp³-hybridized carbons (Fsp3) is 0.400. The van der Waals surface area contributed by atoms with Crippen molar-refractivity contribution in [3.05, 3.63) is 33.8 Å². The van der Waals surface area contributed by atoms with Gasteiger partial charge in [-0.1, -0.05) is 22.0 Å². The Hall–Kier alpha value is -0.550. The van der Waals surface area contributed by atoms with Crippen molar-refractivity contribution in [3.63, 3.8) is 0 Å². The van der Waals surface area contributed by atoms with Crippen LogP contribution >= 0.6 is 15.9 Å². The largest absolute Gasteiger partial charge is 0.416 e. The molecule has 1 saturated carbocycles. The quantitative estimate of drug-likeness (QED) is 0.839. The van der Waals surface area contributed by atoms with E-state index in [9.17, 15) is 13.2 Å². The molecule has 0 heterocycles. The van der Waals surface area contributed by atoms with Gasteiger partial charge in [0.2, 0.25) is 0 Å². The van der Waals surface area contributed by atoms with Crippen LogP contribution in [0.3, 0.4) is 0 Å². The first-order chi connectivity index (χ1) is 6.89. The average molecular weight is 280 g/mol. The van der Waals surface area contributed by atoms with E-state index < -0.39 is 11.7 Å². The number of alkyl halides is 3. The molecule has 1 aliphatic rings. The second-order valence-corrected chi connectivity index (χ2v) is 4.65. The molecule has 1 aliphatic carbocycles. The fourth-order valence-corrected chi connectivity index (χ4v) is 2.03. The molecule has 2 atom stereocenters. The maximum atomic E-state index is 12.7. The van der Waals surface area contributed by atoms with Crippen molar-refractivity contribution < 1.29 is 13.2 Å². The van der Waals surface area contributed by atoms with Gasteiger partial charge in [0.1, 0.15) is 0 Å². The van der Waals surface area contributed by atoms with Crippen LogP contribution in [0.2, 0.25) is 0 Å². The highest BCUT2D eigenvalue weighted by atomic mass is 79.9. The van der Waals surface area contributed by atoms with E-state index in [1.165, 1.54) is 6.07 Å². The minimum absolute atomic E-state index is 0.118. The normalized spacial score (nSPS) is 25.4. The summed E-state index contributed by atoms with van der Waals surface area (Å²) in [6, 6.07) is 4.12.